The molecule has 0 unspecified atom stereocenters. The van der Waals surface area contributed by atoms with E-state index in [0.29, 0.717) is 18.1 Å². The van der Waals surface area contributed by atoms with Gasteiger partial charge >= 0.3 is 0 Å². The monoisotopic (exact) mass is 183 g/mol. The van der Waals surface area contributed by atoms with Gasteiger partial charge in [0.15, 0.2) is 0 Å². The molecule has 0 spiro atoms. The molecule has 4 heteroatoms. The van der Waals surface area contributed by atoms with Crippen LogP contribution in [0.1, 0.15) is 18.9 Å². The lowest BCUT2D eigenvalue weighted by Crippen LogP contribution is -1.99. The van der Waals surface area contributed by atoms with Gasteiger partial charge in [-0.3, -0.25) is 4.68 Å². The highest BCUT2D eigenvalue weighted by Crippen LogP contribution is 2.15. The number of hydrogen-bond acceptors (Lipinski definition) is 2. The van der Waals surface area contributed by atoms with Crippen molar-refractivity contribution in [3.8, 4) is 6.07 Å². The van der Waals surface area contributed by atoms with Crippen LogP contribution in [0.25, 0.3) is 0 Å². The normalized spacial score (nSPS) is 9.75. The first-order chi connectivity index (χ1) is 5.79. The zero-order valence-electron chi connectivity index (χ0n) is 6.92. The average Bonchev–Trinajstić information content (AvgIpc) is 2.43. The molecule has 3 nitrogen and oxygen atoms in total. The van der Waals surface area contributed by atoms with E-state index in [1.165, 1.54) is 0 Å². The quantitative estimate of drug-likeness (QED) is 0.720. The molecule has 0 saturated carbocycles. The van der Waals surface area contributed by atoms with Crippen LogP contribution >= 0.6 is 11.6 Å². The van der Waals surface area contributed by atoms with Crippen LogP contribution in [0.5, 0.6) is 0 Å². The van der Waals surface area contributed by atoms with E-state index >= 15 is 0 Å². The standard InChI is InChI=1S/C8H10ClN3/c1-2-7-6-11-12(8(7)9)5-3-4-10/h6H,2-3,5H2,1H3. The van der Waals surface area contributed by atoms with Crippen molar-refractivity contribution >= 4 is 11.6 Å². The van der Waals surface area contributed by atoms with Crippen molar-refractivity contribution in [3.63, 3.8) is 0 Å². The molecular formula is C8H10ClN3. The molecule has 12 heavy (non-hydrogen) atoms. The highest BCUT2D eigenvalue weighted by molar-refractivity contribution is 6.30. The molecule has 0 bridgehead atoms. The summed E-state index contributed by atoms with van der Waals surface area (Å²) >= 11 is 5.95. The van der Waals surface area contributed by atoms with Crippen LogP contribution < -0.4 is 0 Å². The molecule has 1 aromatic heterocycles. The third-order valence-electron chi connectivity index (χ3n) is 1.66. The van der Waals surface area contributed by atoms with E-state index in [4.69, 9.17) is 16.9 Å². The van der Waals surface area contributed by atoms with Crippen molar-refractivity contribution in [2.45, 2.75) is 26.3 Å². The summed E-state index contributed by atoms with van der Waals surface area (Å²) in [5.74, 6) is 0. The maximum absolute atomic E-state index is 8.35. The maximum Gasteiger partial charge on any atom is 0.130 e. The molecule has 0 atom stereocenters. The Hall–Kier alpha value is -1.01. The van der Waals surface area contributed by atoms with E-state index in [0.717, 1.165) is 12.0 Å². The first-order valence-corrected chi connectivity index (χ1v) is 4.24. The molecule has 1 aromatic rings. The summed E-state index contributed by atoms with van der Waals surface area (Å²) in [6, 6.07) is 2.05. The van der Waals surface area contributed by atoms with E-state index in [1.807, 2.05) is 6.92 Å². The van der Waals surface area contributed by atoms with E-state index in [-0.39, 0.29) is 0 Å². The Morgan fingerprint density at radius 3 is 3.00 bits per heavy atom. The lowest BCUT2D eigenvalue weighted by atomic mass is 10.3. The number of aryl methyl sites for hydroxylation is 2. The fourth-order valence-corrected chi connectivity index (χ4v) is 1.27. The maximum atomic E-state index is 8.35. The molecule has 0 aliphatic carbocycles. The Bertz CT molecular complexity index is 298. The second-order valence-corrected chi connectivity index (χ2v) is 2.80. The van der Waals surface area contributed by atoms with Crippen LogP contribution in [0.4, 0.5) is 0 Å². The number of hydrogen-bond donors (Lipinski definition) is 0. The van der Waals surface area contributed by atoms with Gasteiger partial charge in [-0.15, -0.1) is 0 Å². The van der Waals surface area contributed by atoms with Crippen molar-refractivity contribution in [1.82, 2.24) is 9.78 Å². The predicted octanol–water partition coefficient (Wildman–Crippen LogP) is 2.01. The summed E-state index contributed by atoms with van der Waals surface area (Å²) in [6.45, 7) is 2.60. The highest BCUT2D eigenvalue weighted by atomic mass is 35.5. The minimum atomic E-state index is 0.449. The van der Waals surface area contributed by atoms with Gasteiger partial charge in [0.2, 0.25) is 0 Å². The van der Waals surface area contributed by atoms with Crippen molar-refractivity contribution in [2.75, 3.05) is 0 Å². The number of rotatable bonds is 3. The van der Waals surface area contributed by atoms with Crippen LogP contribution in [0.15, 0.2) is 6.20 Å². The van der Waals surface area contributed by atoms with Crippen LogP contribution in [-0.4, -0.2) is 9.78 Å². The van der Waals surface area contributed by atoms with E-state index in [2.05, 4.69) is 11.2 Å². The highest BCUT2D eigenvalue weighted by Gasteiger charge is 2.04. The third kappa shape index (κ3) is 1.77. The van der Waals surface area contributed by atoms with Crippen LogP contribution in [-0.2, 0) is 13.0 Å². The lowest BCUT2D eigenvalue weighted by molar-refractivity contribution is 0.628. The molecule has 0 fully saturated rings. The number of aromatic nitrogens is 2. The first-order valence-electron chi connectivity index (χ1n) is 3.86. The second-order valence-electron chi connectivity index (χ2n) is 2.45. The summed E-state index contributed by atoms with van der Waals surface area (Å²) < 4.78 is 1.66. The lowest BCUT2D eigenvalue weighted by Gasteiger charge is -1.98. The Labute approximate surface area is 76.6 Å². The number of halogens is 1. The SMILES string of the molecule is CCc1cnn(CCC#N)c1Cl. The minimum absolute atomic E-state index is 0.449. The molecule has 0 aliphatic rings. The zero-order chi connectivity index (χ0) is 8.97. The molecule has 0 radical (unpaired) electrons. The van der Waals surface area contributed by atoms with E-state index in [9.17, 15) is 0 Å². The van der Waals surface area contributed by atoms with Crippen molar-refractivity contribution < 1.29 is 0 Å². The molecule has 1 rings (SSSR count). The first kappa shape index (κ1) is 9.08. The second kappa shape index (κ2) is 4.13. The summed E-state index contributed by atoms with van der Waals surface area (Å²) in [4.78, 5) is 0. The average molecular weight is 184 g/mol. The van der Waals surface area contributed by atoms with E-state index in [1.54, 1.807) is 10.9 Å². The van der Waals surface area contributed by atoms with Gasteiger partial charge in [-0.25, -0.2) is 0 Å². The zero-order valence-corrected chi connectivity index (χ0v) is 7.67. The number of nitrogens with zero attached hydrogens (tertiary/aromatic N) is 3. The smallest absolute Gasteiger partial charge is 0.130 e. The Morgan fingerprint density at radius 2 is 2.50 bits per heavy atom. The molecule has 0 N–H and O–H groups in total. The van der Waals surface area contributed by atoms with Gasteiger partial charge in [0.1, 0.15) is 5.15 Å². The van der Waals surface area contributed by atoms with Crippen LogP contribution in [0, 0.1) is 11.3 Å². The fourth-order valence-electron chi connectivity index (χ4n) is 0.958. The van der Waals surface area contributed by atoms with Crippen molar-refractivity contribution in [1.29, 1.82) is 5.26 Å². The van der Waals surface area contributed by atoms with Gasteiger partial charge in [-0.05, 0) is 6.42 Å². The van der Waals surface area contributed by atoms with Gasteiger partial charge in [0.05, 0.1) is 25.2 Å². The summed E-state index contributed by atoms with van der Waals surface area (Å²) in [5.41, 5.74) is 1.04. The fraction of sp³-hybridized carbons (Fsp3) is 0.500. The predicted molar refractivity (Wildman–Crippen MR) is 46.8 cm³/mol. The van der Waals surface area contributed by atoms with Gasteiger partial charge in [0.25, 0.3) is 0 Å². The molecule has 0 saturated heterocycles. The van der Waals surface area contributed by atoms with Crippen LogP contribution in [0.2, 0.25) is 5.15 Å². The Balaban J connectivity index is 2.74. The molecule has 0 amide bonds. The van der Waals surface area contributed by atoms with Gasteiger partial charge < -0.3 is 0 Å². The van der Waals surface area contributed by atoms with Crippen molar-refractivity contribution in [3.05, 3.63) is 16.9 Å². The van der Waals surface area contributed by atoms with Crippen molar-refractivity contribution in [2.24, 2.45) is 0 Å². The Morgan fingerprint density at radius 1 is 1.75 bits per heavy atom. The Kier molecular flexibility index (Phi) is 3.12. The molecular weight excluding hydrogens is 174 g/mol. The van der Waals surface area contributed by atoms with Gasteiger partial charge in [-0.2, -0.15) is 10.4 Å². The van der Waals surface area contributed by atoms with Crippen LogP contribution in [0.3, 0.4) is 0 Å². The third-order valence-corrected chi connectivity index (χ3v) is 2.10. The summed E-state index contributed by atoms with van der Waals surface area (Å²) in [6.07, 6.45) is 3.08. The molecule has 0 aliphatic heterocycles. The molecule has 64 valence electrons. The van der Waals surface area contributed by atoms with E-state index < -0.39 is 0 Å². The topological polar surface area (TPSA) is 41.6 Å². The largest absolute Gasteiger partial charge is 0.253 e. The number of nitriles is 1. The molecule has 0 aromatic carbocycles. The molecule has 1 heterocycles. The minimum Gasteiger partial charge on any atom is -0.253 e. The van der Waals surface area contributed by atoms with Gasteiger partial charge in [-0.1, -0.05) is 18.5 Å². The summed E-state index contributed by atoms with van der Waals surface area (Å²) in [7, 11) is 0. The summed E-state index contributed by atoms with van der Waals surface area (Å²) in [5, 5.41) is 13.1. The van der Waals surface area contributed by atoms with Gasteiger partial charge in [0, 0.05) is 5.56 Å².